The van der Waals surface area contributed by atoms with Crippen LogP contribution in [0.3, 0.4) is 0 Å². The molecule has 0 aliphatic rings. The summed E-state index contributed by atoms with van der Waals surface area (Å²) in [7, 11) is 9.99. The van der Waals surface area contributed by atoms with E-state index in [9.17, 15) is 0 Å². The van der Waals surface area contributed by atoms with Crippen LogP contribution in [0.1, 0.15) is 11.1 Å². The van der Waals surface area contributed by atoms with Gasteiger partial charge in [0.25, 0.3) is 0 Å². The molecule has 0 N–H and O–H groups in total. The van der Waals surface area contributed by atoms with E-state index in [0.29, 0.717) is 0 Å². The van der Waals surface area contributed by atoms with Crippen LogP contribution in [0.4, 0.5) is 0 Å². The molecule has 0 heterocycles. The topological polar surface area (TPSA) is 0 Å². The molecule has 29 heavy (non-hydrogen) atoms. The largest absolute Gasteiger partial charge is 0 e. The normalized spacial score (nSPS) is 8.97. The molecule has 5 heteroatoms. The summed E-state index contributed by atoms with van der Waals surface area (Å²) in [5, 5.41) is 5.39. The number of benzene rings is 2. The molecule has 0 fully saturated rings. The van der Waals surface area contributed by atoms with Gasteiger partial charge in [-0.25, -0.2) is 0 Å². The van der Waals surface area contributed by atoms with E-state index in [0.717, 1.165) is 0 Å². The molecular formula is C24H30Cl2Si2Zr-3. The molecule has 4 aromatic carbocycles. The Morgan fingerprint density at radius 2 is 1.00 bits per heavy atom. The van der Waals surface area contributed by atoms with Crippen molar-refractivity contribution in [2.24, 2.45) is 0 Å². The van der Waals surface area contributed by atoms with Crippen LogP contribution in [0, 0.1) is 21.3 Å². The first-order chi connectivity index (χ1) is 12.9. The Bertz CT molecular complexity index is 772. The Balaban J connectivity index is 0. The summed E-state index contributed by atoms with van der Waals surface area (Å²) in [5.74, 6) is 0. The molecule has 0 nitrogen and oxygen atoms in total. The van der Waals surface area contributed by atoms with Crippen LogP contribution in [0.5, 0.6) is 0 Å². The van der Waals surface area contributed by atoms with E-state index in [2.05, 4.69) is 106 Å². The zero-order valence-corrected chi connectivity index (χ0v) is 24.2. The first-order valence-corrected chi connectivity index (χ1v) is 18.2. The molecule has 5 radical (unpaired) electrons. The van der Waals surface area contributed by atoms with Gasteiger partial charge in [0.15, 0.2) is 0 Å². The zero-order chi connectivity index (χ0) is 20.2. The Morgan fingerprint density at radius 1 is 0.724 bits per heavy atom. The van der Waals surface area contributed by atoms with Gasteiger partial charge in [0, 0.05) is 19.8 Å². The molecule has 0 aliphatic heterocycles. The molecule has 155 valence electrons. The summed E-state index contributed by atoms with van der Waals surface area (Å²) >= 11 is -0.826. The predicted octanol–water partition coefficient (Wildman–Crippen LogP) is 8.55. The van der Waals surface area contributed by atoms with Gasteiger partial charge in [-0.3, -0.25) is 0 Å². The first kappa shape index (κ1) is 30.7. The van der Waals surface area contributed by atoms with E-state index in [1.54, 1.807) is 0 Å². The maximum absolute atomic E-state index is 4.93. The van der Waals surface area contributed by atoms with E-state index in [-0.39, 0.29) is 27.2 Å². The molecule has 4 rings (SSSR count). The third-order valence-corrected chi connectivity index (χ3v) is 3.52. The quantitative estimate of drug-likeness (QED) is 0.156. The summed E-state index contributed by atoms with van der Waals surface area (Å²) in [6.07, 6.45) is 0. The van der Waals surface area contributed by atoms with Crippen molar-refractivity contribution in [3.8, 4) is 0 Å². The van der Waals surface area contributed by atoms with Crippen LogP contribution in [0.2, 0.25) is 19.6 Å². The van der Waals surface area contributed by atoms with Crippen molar-refractivity contribution < 1.29 is 20.8 Å². The Labute approximate surface area is 202 Å². The van der Waals surface area contributed by atoms with Crippen molar-refractivity contribution >= 4 is 58.3 Å². The summed E-state index contributed by atoms with van der Waals surface area (Å²) in [5.41, 5.74) is 2.70. The molecule has 0 spiro atoms. The van der Waals surface area contributed by atoms with E-state index < -0.39 is 20.8 Å². The molecule has 0 amide bonds. The van der Waals surface area contributed by atoms with Crippen LogP contribution < -0.4 is 0 Å². The Morgan fingerprint density at radius 3 is 1.28 bits per heavy atom. The van der Waals surface area contributed by atoms with Gasteiger partial charge in [0.2, 0.25) is 0 Å². The number of fused-ring (bicyclic) bond motifs is 2. The molecule has 0 saturated heterocycles. The van der Waals surface area contributed by atoms with Gasteiger partial charge in [-0.1, -0.05) is 45.6 Å². The van der Waals surface area contributed by atoms with Crippen molar-refractivity contribution in [2.75, 3.05) is 0 Å². The van der Waals surface area contributed by atoms with Gasteiger partial charge < -0.3 is 7.43 Å². The predicted molar refractivity (Wildman–Crippen MR) is 136 cm³/mol. The Kier molecular flexibility index (Phi) is 18.3. The second kappa shape index (κ2) is 17.3. The first-order valence-electron chi connectivity index (χ1n) is 8.84. The summed E-state index contributed by atoms with van der Waals surface area (Å²) in [6, 6.07) is 25.7. The molecule has 0 bridgehead atoms. The third-order valence-electron chi connectivity index (χ3n) is 3.52. The van der Waals surface area contributed by atoms with E-state index in [1.165, 1.54) is 32.7 Å². The van der Waals surface area contributed by atoms with E-state index in [1.807, 2.05) is 0 Å². The van der Waals surface area contributed by atoms with Crippen LogP contribution in [0.15, 0.2) is 72.8 Å². The number of aryl methyl sites for hydroxylation is 2. The van der Waals surface area contributed by atoms with Gasteiger partial charge in [-0.2, -0.15) is 12.1 Å². The van der Waals surface area contributed by atoms with E-state index in [4.69, 9.17) is 17.0 Å². The standard InChI is InChI=1S/2C10H9.C3H9Si.CH3.2ClH.Si.Zr/c2*1-8-6-9-4-2-3-5-10(9)7-8;1-4(2)3;;;;;/h2*2-7H,1H3;1-3H3;1H3;2*1H;;/q2*-1;;-1;;;;+2/p-2. The fraction of sp³-hybridized carbons (Fsp3) is 0.208. The van der Waals surface area contributed by atoms with Crippen molar-refractivity contribution in [3.63, 3.8) is 0 Å². The minimum absolute atomic E-state index is 0. The van der Waals surface area contributed by atoms with Gasteiger partial charge in [-0.15, -0.1) is 81.2 Å². The minimum atomic E-state index is -0.826. The van der Waals surface area contributed by atoms with Crippen molar-refractivity contribution in [1.29, 1.82) is 0 Å². The van der Waals surface area contributed by atoms with Crippen LogP contribution in [-0.4, -0.2) is 19.8 Å². The zero-order valence-electron chi connectivity index (χ0n) is 18.2. The maximum Gasteiger partial charge on any atom is 0 e. The maximum atomic E-state index is 4.93. The van der Waals surface area contributed by atoms with E-state index >= 15 is 0 Å². The summed E-state index contributed by atoms with van der Waals surface area (Å²) < 4.78 is 0. The molecule has 0 atom stereocenters. The number of hydrogen-bond donors (Lipinski definition) is 0. The van der Waals surface area contributed by atoms with Gasteiger partial charge in [0.1, 0.15) is 0 Å². The third kappa shape index (κ3) is 12.8. The molecular weight excluding hydrogens is 507 g/mol. The van der Waals surface area contributed by atoms with Gasteiger partial charge >= 0.3 is 37.9 Å². The fourth-order valence-electron chi connectivity index (χ4n) is 2.61. The molecule has 0 aliphatic carbocycles. The van der Waals surface area contributed by atoms with Crippen molar-refractivity contribution in [3.05, 3.63) is 91.3 Å². The van der Waals surface area contributed by atoms with Crippen LogP contribution in [0.25, 0.3) is 21.5 Å². The van der Waals surface area contributed by atoms with Crippen molar-refractivity contribution in [2.45, 2.75) is 33.5 Å². The van der Waals surface area contributed by atoms with Gasteiger partial charge in [0.05, 0.1) is 0 Å². The van der Waals surface area contributed by atoms with Crippen molar-refractivity contribution in [1.82, 2.24) is 0 Å². The van der Waals surface area contributed by atoms with Crippen LogP contribution in [-0.2, 0) is 20.8 Å². The summed E-state index contributed by atoms with van der Waals surface area (Å²) in [4.78, 5) is 0. The monoisotopic (exact) mass is 534 g/mol. The number of rotatable bonds is 0. The van der Waals surface area contributed by atoms with Crippen LogP contribution >= 0.6 is 17.0 Å². The average Bonchev–Trinajstić information content (AvgIpc) is 3.15. The number of halogens is 2. The summed E-state index contributed by atoms with van der Waals surface area (Å²) in [6.45, 7) is 11.1. The molecule has 0 unspecified atom stereocenters. The molecule has 0 saturated carbocycles. The molecule has 0 aromatic heterocycles. The SMILES string of the molecule is C[Si](C)C.Cc1cc2ccccc2[cH-]1.Cc1cc2ccccc2[cH-]1.[CH3-].[Cl][Zr][Cl].[Si]. The second-order valence-electron chi connectivity index (χ2n) is 6.89. The average molecular weight is 537 g/mol. The number of hydrogen-bond acceptors (Lipinski definition) is 0. The van der Waals surface area contributed by atoms with Gasteiger partial charge in [-0.05, 0) is 0 Å². The minimum Gasteiger partial charge on any atom is 0 e. The smallest absolute Gasteiger partial charge is 0 e. The second-order valence-corrected chi connectivity index (χ2v) is 13.6. The fourth-order valence-corrected chi connectivity index (χ4v) is 2.61. The Hall–Kier alpha value is -0.443. The molecule has 4 aromatic rings.